The van der Waals surface area contributed by atoms with Crippen LogP contribution >= 0.6 is 0 Å². The minimum absolute atomic E-state index is 0.227. The molecule has 0 rings (SSSR count). The van der Waals surface area contributed by atoms with Gasteiger partial charge in [0.05, 0.1) is 0 Å². The molecule has 0 aromatic rings. The maximum atomic E-state index is 11.6. The van der Waals surface area contributed by atoms with Crippen LogP contribution < -0.4 is 0 Å². The van der Waals surface area contributed by atoms with Crippen molar-refractivity contribution in [1.82, 2.24) is 0 Å². The predicted octanol–water partition coefficient (Wildman–Crippen LogP) is 1.44. The number of rotatable bonds is 4. The summed E-state index contributed by atoms with van der Waals surface area (Å²) in [5.41, 5.74) is 0. The van der Waals surface area contributed by atoms with Crippen LogP contribution in [0.5, 0.6) is 0 Å². The standard InChI is InChI=1S/C5H13F3OSi2/c1-10-9-11(2)4-3-5(6,7)8/h11H,3-4,10H2,1-2H3. The van der Waals surface area contributed by atoms with Gasteiger partial charge in [-0.2, -0.15) is 13.2 Å². The Bertz CT molecular complexity index is 106. The van der Waals surface area contributed by atoms with Gasteiger partial charge in [0.15, 0.2) is 9.04 Å². The van der Waals surface area contributed by atoms with Crippen molar-refractivity contribution >= 4 is 18.8 Å². The summed E-state index contributed by atoms with van der Waals surface area (Å²) < 4.78 is 40.1. The molecule has 1 nitrogen and oxygen atoms in total. The van der Waals surface area contributed by atoms with Crippen molar-refractivity contribution in [3.63, 3.8) is 0 Å². The van der Waals surface area contributed by atoms with E-state index in [4.69, 9.17) is 4.12 Å². The Hall–Kier alpha value is 0.184. The van der Waals surface area contributed by atoms with Gasteiger partial charge in [-0.15, -0.1) is 0 Å². The van der Waals surface area contributed by atoms with Crippen molar-refractivity contribution in [2.75, 3.05) is 0 Å². The molecule has 0 amide bonds. The molecule has 0 aromatic carbocycles. The van der Waals surface area contributed by atoms with Gasteiger partial charge in [0, 0.05) is 6.42 Å². The van der Waals surface area contributed by atoms with Gasteiger partial charge in [0.25, 0.3) is 0 Å². The van der Waals surface area contributed by atoms with E-state index in [2.05, 4.69) is 0 Å². The highest BCUT2D eigenvalue weighted by molar-refractivity contribution is 6.56. The lowest BCUT2D eigenvalue weighted by Gasteiger charge is -2.11. The van der Waals surface area contributed by atoms with Gasteiger partial charge in [0.1, 0.15) is 9.76 Å². The molecule has 0 aliphatic heterocycles. The van der Waals surface area contributed by atoms with Gasteiger partial charge in [0.2, 0.25) is 0 Å². The Morgan fingerprint density at radius 1 is 1.45 bits per heavy atom. The summed E-state index contributed by atoms with van der Waals surface area (Å²) in [4.78, 5) is 0. The van der Waals surface area contributed by atoms with Crippen LogP contribution in [0.1, 0.15) is 6.42 Å². The van der Waals surface area contributed by atoms with E-state index in [0.29, 0.717) is 0 Å². The van der Waals surface area contributed by atoms with Gasteiger partial charge < -0.3 is 4.12 Å². The average Bonchev–Trinajstić information content (AvgIpc) is 1.83. The molecule has 68 valence electrons. The lowest BCUT2D eigenvalue weighted by Crippen LogP contribution is -2.18. The molecule has 1 atom stereocenters. The molecular formula is C5H13F3OSi2. The molecule has 0 radical (unpaired) electrons. The van der Waals surface area contributed by atoms with Gasteiger partial charge in [-0.3, -0.25) is 0 Å². The highest BCUT2D eigenvalue weighted by Gasteiger charge is 2.27. The highest BCUT2D eigenvalue weighted by Crippen LogP contribution is 2.22. The average molecular weight is 202 g/mol. The van der Waals surface area contributed by atoms with Crippen LogP contribution in [0.2, 0.25) is 19.1 Å². The van der Waals surface area contributed by atoms with Crippen molar-refractivity contribution in [3.8, 4) is 0 Å². The van der Waals surface area contributed by atoms with E-state index in [1.165, 1.54) is 0 Å². The molecule has 0 saturated carbocycles. The number of hydrogen-bond donors (Lipinski definition) is 0. The summed E-state index contributed by atoms with van der Waals surface area (Å²) >= 11 is 0. The minimum Gasteiger partial charge on any atom is -0.463 e. The lowest BCUT2D eigenvalue weighted by molar-refractivity contribution is -0.130. The summed E-state index contributed by atoms with van der Waals surface area (Å²) in [6, 6.07) is 0.227. The van der Waals surface area contributed by atoms with Crippen LogP contribution in [0.15, 0.2) is 0 Å². The van der Waals surface area contributed by atoms with Crippen LogP contribution in [0.3, 0.4) is 0 Å². The molecule has 6 heteroatoms. The normalized spacial score (nSPS) is 16.1. The number of hydrogen-bond acceptors (Lipinski definition) is 1. The third-order valence-electron chi connectivity index (χ3n) is 1.29. The lowest BCUT2D eigenvalue weighted by atomic mass is 10.5. The molecule has 11 heavy (non-hydrogen) atoms. The summed E-state index contributed by atoms with van der Waals surface area (Å²) in [5.74, 6) is 0. The molecular weight excluding hydrogens is 189 g/mol. The first-order valence-corrected chi connectivity index (χ1v) is 8.07. The highest BCUT2D eigenvalue weighted by atomic mass is 28.3. The first-order valence-electron chi connectivity index (χ1n) is 3.64. The summed E-state index contributed by atoms with van der Waals surface area (Å²) in [7, 11) is -1.96. The van der Waals surface area contributed by atoms with Crippen LogP contribution in [0.25, 0.3) is 0 Å². The van der Waals surface area contributed by atoms with Gasteiger partial charge in [-0.1, -0.05) is 6.55 Å². The van der Waals surface area contributed by atoms with E-state index in [1.54, 1.807) is 0 Å². The first kappa shape index (κ1) is 11.2. The quantitative estimate of drug-likeness (QED) is 0.627. The van der Waals surface area contributed by atoms with Crippen molar-refractivity contribution in [2.45, 2.75) is 31.7 Å². The van der Waals surface area contributed by atoms with Crippen molar-refractivity contribution in [2.24, 2.45) is 0 Å². The maximum Gasteiger partial charge on any atom is 0.388 e. The molecule has 0 fully saturated rings. The molecule has 1 unspecified atom stereocenters. The Kier molecular flexibility index (Phi) is 5.02. The topological polar surface area (TPSA) is 9.23 Å². The van der Waals surface area contributed by atoms with E-state index >= 15 is 0 Å². The van der Waals surface area contributed by atoms with E-state index in [0.717, 1.165) is 0 Å². The molecule has 0 aromatic heterocycles. The van der Waals surface area contributed by atoms with E-state index in [1.807, 2.05) is 13.1 Å². The largest absolute Gasteiger partial charge is 0.463 e. The van der Waals surface area contributed by atoms with Crippen LogP contribution in [0.4, 0.5) is 13.2 Å². The Balaban J connectivity index is 3.38. The van der Waals surface area contributed by atoms with Gasteiger partial charge in [-0.05, 0) is 12.6 Å². The van der Waals surface area contributed by atoms with Crippen molar-refractivity contribution < 1.29 is 17.3 Å². The number of alkyl halides is 3. The Morgan fingerprint density at radius 3 is 2.36 bits per heavy atom. The van der Waals surface area contributed by atoms with E-state index < -0.39 is 31.4 Å². The smallest absolute Gasteiger partial charge is 0.388 e. The zero-order chi connectivity index (χ0) is 8.91. The fourth-order valence-corrected chi connectivity index (χ4v) is 4.41. The summed E-state index contributed by atoms with van der Waals surface area (Å²) in [6.45, 7) is 3.76. The molecule has 0 aliphatic rings. The molecule has 0 heterocycles. The monoisotopic (exact) mass is 202 g/mol. The second kappa shape index (κ2) is 4.94. The van der Waals surface area contributed by atoms with Crippen LogP contribution in [-0.2, 0) is 4.12 Å². The van der Waals surface area contributed by atoms with Crippen molar-refractivity contribution in [3.05, 3.63) is 0 Å². The molecule has 0 N–H and O–H groups in total. The molecule has 0 saturated heterocycles. The minimum atomic E-state index is -4.00. The zero-order valence-electron chi connectivity index (χ0n) is 6.74. The molecule has 0 spiro atoms. The fraction of sp³-hybridized carbons (Fsp3) is 1.00. The van der Waals surface area contributed by atoms with Crippen molar-refractivity contribution in [1.29, 1.82) is 0 Å². The first-order chi connectivity index (χ1) is 4.95. The SMILES string of the molecule is C[SiH2]O[SiH](C)CCC(F)(F)F. The van der Waals surface area contributed by atoms with E-state index in [-0.39, 0.29) is 6.04 Å². The summed E-state index contributed by atoms with van der Waals surface area (Å²) in [5, 5.41) is 0. The maximum absolute atomic E-state index is 11.6. The van der Waals surface area contributed by atoms with Crippen LogP contribution in [0, 0.1) is 0 Å². The molecule has 0 aliphatic carbocycles. The van der Waals surface area contributed by atoms with Gasteiger partial charge in [-0.25, -0.2) is 0 Å². The second-order valence-electron chi connectivity index (χ2n) is 2.42. The Labute approximate surface area is 68.6 Å². The third-order valence-corrected chi connectivity index (χ3v) is 6.00. The third kappa shape index (κ3) is 8.09. The number of halogens is 3. The predicted molar refractivity (Wildman–Crippen MR) is 44.0 cm³/mol. The van der Waals surface area contributed by atoms with E-state index in [9.17, 15) is 13.2 Å². The summed E-state index contributed by atoms with van der Waals surface area (Å²) in [6.07, 6.45) is -4.67. The zero-order valence-corrected chi connectivity index (χ0v) is 9.31. The Morgan fingerprint density at radius 2 is 2.00 bits per heavy atom. The van der Waals surface area contributed by atoms with Gasteiger partial charge >= 0.3 is 6.18 Å². The molecule has 0 bridgehead atoms. The fourth-order valence-electron chi connectivity index (χ4n) is 0.735. The second-order valence-corrected chi connectivity index (χ2v) is 6.53. The van der Waals surface area contributed by atoms with Crippen LogP contribution in [-0.4, -0.2) is 25.0 Å².